The molecule has 10 rings (SSSR count). The SMILES string of the molecule is c1ccc2c(-c3c4ccccc4c(-c4nccc5ccccc45)c4ccc(-c5cccc6ccc7cccnc7c56)cc34)cncc2c1. The number of hydrogen-bond acceptors (Lipinski definition) is 3. The predicted molar refractivity (Wildman–Crippen MR) is 201 cm³/mol. The molecular weight excluding hydrogens is 583 g/mol. The monoisotopic (exact) mass is 609 g/mol. The Hall–Kier alpha value is -6.45. The van der Waals surface area contributed by atoms with Crippen LogP contribution in [0.15, 0.2) is 164 Å². The van der Waals surface area contributed by atoms with Gasteiger partial charge in [-0.3, -0.25) is 15.0 Å². The standard InChI is InChI=1S/C45H27N3/c1-4-14-35-28(9-1)22-24-48-45(35)43-37-16-6-5-15-36(37)42(40-27-46-26-32-10-2-3-13-33(32)40)39-25-31(20-21-38(39)43)34-17-7-11-29-18-19-30-12-8-23-47-44(30)41(29)34/h1-27H. The Morgan fingerprint density at radius 1 is 0.375 bits per heavy atom. The van der Waals surface area contributed by atoms with Crippen molar-refractivity contribution in [2.24, 2.45) is 0 Å². The van der Waals surface area contributed by atoms with Gasteiger partial charge in [-0.2, -0.15) is 0 Å². The molecule has 0 aliphatic heterocycles. The minimum Gasteiger partial charge on any atom is -0.263 e. The molecule has 10 aromatic rings. The number of nitrogens with zero attached hydrogens (tertiary/aromatic N) is 3. The summed E-state index contributed by atoms with van der Waals surface area (Å²) in [5.74, 6) is 0. The third-order valence-electron chi connectivity index (χ3n) is 9.80. The van der Waals surface area contributed by atoms with Crippen LogP contribution in [0.3, 0.4) is 0 Å². The maximum Gasteiger partial charge on any atom is 0.0792 e. The second kappa shape index (κ2) is 10.5. The van der Waals surface area contributed by atoms with Crippen LogP contribution >= 0.6 is 0 Å². The molecule has 0 aliphatic rings. The van der Waals surface area contributed by atoms with E-state index in [-0.39, 0.29) is 0 Å². The van der Waals surface area contributed by atoms with Gasteiger partial charge in [-0.05, 0) is 72.6 Å². The first-order chi connectivity index (χ1) is 23.8. The number of pyridine rings is 3. The summed E-state index contributed by atoms with van der Waals surface area (Å²) in [7, 11) is 0. The van der Waals surface area contributed by atoms with E-state index in [1.807, 2.05) is 30.9 Å². The largest absolute Gasteiger partial charge is 0.263 e. The summed E-state index contributed by atoms with van der Waals surface area (Å²) in [4.78, 5) is 14.7. The van der Waals surface area contributed by atoms with E-state index in [4.69, 9.17) is 15.0 Å². The summed E-state index contributed by atoms with van der Waals surface area (Å²) in [6.07, 6.45) is 7.81. The summed E-state index contributed by atoms with van der Waals surface area (Å²) in [6, 6.07) is 50.0. The summed E-state index contributed by atoms with van der Waals surface area (Å²) in [6.45, 7) is 0. The highest BCUT2D eigenvalue weighted by Crippen LogP contribution is 2.47. The van der Waals surface area contributed by atoms with Gasteiger partial charge in [0.25, 0.3) is 0 Å². The first-order valence-electron chi connectivity index (χ1n) is 16.3. The fraction of sp³-hybridized carbons (Fsp3) is 0. The quantitative estimate of drug-likeness (QED) is 0.148. The zero-order valence-corrected chi connectivity index (χ0v) is 25.9. The van der Waals surface area contributed by atoms with Gasteiger partial charge in [-0.15, -0.1) is 0 Å². The Balaban J connectivity index is 1.39. The molecule has 7 aromatic carbocycles. The molecule has 48 heavy (non-hydrogen) atoms. The first-order valence-corrected chi connectivity index (χ1v) is 16.3. The van der Waals surface area contributed by atoms with Crippen LogP contribution in [0.4, 0.5) is 0 Å². The topological polar surface area (TPSA) is 38.7 Å². The van der Waals surface area contributed by atoms with Crippen LogP contribution in [0.5, 0.6) is 0 Å². The molecule has 0 saturated heterocycles. The Kier molecular flexibility index (Phi) is 5.87. The number of benzene rings is 7. The zero-order valence-electron chi connectivity index (χ0n) is 25.9. The molecule has 0 N–H and O–H groups in total. The molecule has 0 unspecified atom stereocenters. The van der Waals surface area contributed by atoms with Gasteiger partial charge in [0.2, 0.25) is 0 Å². The zero-order chi connectivity index (χ0) is 31.6. The summed E-state index contributed by atoms with van der Waals surface area (Å²) < 4.78 is 0. The molecule has 0 fully saturated rings. The van der Waals surface area contributed by atoms with Crippen LogP contribution in [0.2, 0.25) is 0 Å². The lowest BCUT2D eigenvalue weighted by atomic mass is 9.84. The molecule has 3 heteroatoms. The Morgan fingerprint density at radius 2 is 1.08 bits per heavy atom. The smallest absolute Gasteiger partial charge is 0.0792 e. The van der Waals surface area contributed by atoms with Crippen LogP contribution in [-0.4, -0.2) is 15.0 Å². The molecule has 3 heterocycles. The van der Waals surface area contributed by atoms with Gasteiger partial charge in [0.05, 0.1) is 11.2 Å². The van der Waals surface area contributed by atoms with Crippen LogP contribution in [0, 0.1) is 0 Å². The minimum atomic E-state index is 0.991. The van der Waals surface area contributed by atoms with Crippen LogP contribution in [0.25, 0.3) is 98.3 Å². The van der Waals surface area contributed by atoms with Gasteiger partial charge < -0.3 is 0 Å². The van der Waals surface area contributed by atoms with Gasteiger partial charge in [0, 0.05) is 57.5 Å². The molecule has 0 amide bonds. The van der Waals surface area contributed by atoms with Crippen molar-refractivity contribution in [2.75, 3.05) is 0 Å². The van der Waals surface area contributed by atoms with Gasteiger partial charge in [-0.25, -0.2) is 0 Å². The second-order valence-electron chi connectivity index (χ2n) is 12.4. The highest BCUT2D eigenvalue weighted by Gasteiger charge is 2.21. The van der Waals surface area contributed by atoms with Crippen molar-refractivity contribution in [3.63, 3.8) is 0 Å². The van der Waals surface area contributed by atoms with Gasteiger partial charge in [0.1, 0.15) is 0 Å². The van der Waals surface area contributed by atoms with E-state index in [2.05, 4.69) is 133 Å². The highest BCUT2D eigenvalue weighted by molar-refractivity contribution is 6.25. The molecule has 3 aromatic heterocycles. The lowest BCUT2D eigenvalue weighted by Gasteiger charge is -2.20. The van der Waals surface area contributed by atoms with E-state index in [0.717, 1.165) is 49.4 Å². The number of rotatable bonds is 3. The average molecular weight is 610 g/mol. The van der Waals surface area contributed by atoms with E-state index >= 15 is 0 Å². The van der Waals surface area contributed by atoms with Crippen molar-refractivity contribution in [3.05, 3.63) is 164 Å². The molecule has 0 atom stereocenters. The van der Waals surface area contributed by atoms with E-state index in [1.54, 1.807) is 0 Å². The normalized spacial score (nSPS) is 11.8. The lowest BCUT2D eigenvalue weighted by molar-refractivity contribution is 1.36. The number of hydrogen-bond donors (Lipinski definition) is 0. The third kappa shape index (κ3) is 3.98. The highest BCUT2D eigenvalue weighted by atomic mass is 14.7. The maximum atomic E-state index is 5.06. The third-order valence-corrected chi connectivity index (χ3v) is 9.80. The molecule has 222 valence electrons. The lowest BCUT2D eigenvalue weighted by Crippen LogP contribution is -1.95. The van der Waals surface area contributed by atoms with Crippen LogP contribution < -0.4 is 0 Å². The molecule has 0 saturated carbocycles. The van der Waals surface area contributed by atoms with E-state index in [0.29, 0.717) is 0 Å². The van der Waals surface area contributed by atoms with Crippen molar-refractivity contribution in [1.29, 1.82) is 0 Å². The summed E-state index contributed by atoms with van der Waals surface area (Å²) >= 11 is 0. The van der Waals surface area contributed by atoms with E-state index in [9.17, 15) is 0 Å². The summed E-state index contributed by atoms with van der Waals surface area (Å²) in [5.41, 5.74) is 7.76. The van der Waals surface area contributed by atoms with Crippen LogP contribution in [-0.2, 0) is 0 Å². The fourth-order valence-corrected chi connectivity index (χ4v) is 7.68. The first kappa shape index (κ1) is 26.7. The van der Waals surface area contributed by atoms with Crippen LogP contribution in [0.1, 0.15) is 0 Å². The Labute approximate surface area is 276 Å². The van der Waals surface area contributed by atoms with Crippen molar-refractivity contribution >= 4 is 64.8 Å². The van der Waals surface area contributed by atoms with Gasteiger partial charge in [0.15, 0.2) is 0 Å². The molecule has 0 bridgehead atoms. The summed E-state index contributed by atoms with van der Waals surface area (Å²) in [5, 5.41) is 12.8. The average Bonchev–Trinajstić information content (AvgIpc) is 3.16. The Morgan fingerprint density at radius 3 is 1.98 bits per heavy atom. The second-order valence-corrected chi connectivity index (χ2v) is 12.4. The van der Waals surface area contributed by atoms with Crippen molar-refractivity contribution < 1.29 is 0 Å². The molecule has 0 spiro atoms. The predicted octanol–water partition coefficient (Wildman–Crippen LogP) is 11.8. The van der Waals surface area contributed by atoms with Crippen molar-refractivity contribution in [2.45, 2.75) is 0 Å². The fourth-order valence-electron chi connectivity index (χ4n) is 7.68. The van der Waals surface area contributed by atoms with E-state index < -0.39 is 0 Å². The van der Waals surface area contributed by atoms with E-state index in [1.165, 1.54) is 48.8 Å². The molecular formula is C45H27N3. The maximum absolute atomic E-state index is 5.06. The van der Waals surface area contributed by atoms with Gasteiger partial charge >= 0.3 is 0 Å². The minimum absolute atomic E-state index is 0.991. The number of aromatic nitrogens is 3. The van der Waals surface area contributed by atoms with Gasteiger partial charge in [-0.1, -0.05) is 121 Å². The molecule has 0 radical (unpaired) electrons. The molecule has 3 nitrogen and oxygen atoms in total. The van der Waals surface area contributed by atoms with Crippen molar-refractivity contribution in [1.82, 2.24) is 15.0 Å². The Bertz CT molecular complexity index is 2900. The molecule has 0 aliphatic carbocycles. The number of fused-ring (bicyclic) bond motifs is 7. The van der Waals surface area contributed by atoms with Crippen molar-refractivity contribution in [3.8, 4) is 33.5 Å².